The Morgan fingerprint density at radius 3 is 1.79 bits per heavy atom. The number of methoxy groups -OCH3 is 2. The van der Waals surface area contributed by atoms with E-state index in [2.05, 4.69) is 91.0 Å². The molecule has 0 bridgehead atoms. The number of carbonyl (C=O) groups excluding carboxylic acids is 4. The Labute approximate surface area is 331 Å². The van der Waals surface area contributed by atoms with Crippen LogP contribution in [0, 0.1) is 5.92 Å². The Hall–Kier alpha value is -6.18. The summed E-state index contributed by atoms with van der Waals surface area (Å²) < 4.78 is 9.44. The Morgan fingerprint density at radius 2 is 1.16 bits per heavy atom. The molecule has 0 saturated carbocycles. The lowest BCUT2D eigenvalue weighted by Gasteiger charge is -2.36. The number of fused-ring (bicyclic) bond motifs is 1. The molecule has 2 aromatic heterocycles. The van der Waals surface area contributed by atoms with Gasteiger partial charge in [-0.15, -0.1) is 0 Å². The molecule has 298 valence electrons. The molecule has 7 rings (SSSR count). The average Bonchev–Trinajstić information content (AvgIpc) is 4.04. The van der Waals surface area contributed by atoms with Gasteiger partial charge in [-0.2, -0.15) is 0 Å². The van der Waals surface area contributed by atoms with E-state index in [1.54, 1.807) is 11.8 Å². The molecule has 0 aliphatic carbocycles. The van der Waals surface area contributed by atoms with Crippen molar-refractivity contribution in [2.24, 2.45) is 5.92 Å². The summed E-state index contributed by atoms with van der Waals surface area (Å²) in [6.07, 6.45) is 6.67. The number of alkyl carbamates (subject to hydrolysis) is 2. The lowest BCUT2D eigenvalue weighted by molar-refractivity contribution is -0.137. The molecule has 14 nitrogen and oxygen atoms in total. The minimum Gasteiger partial charge on any atom is -0.453 e. The lowest BCUT2D eigenvalue weighted by atomic mass is 9.98. The van der Waals surface area contributed by atoms with Crippen LogP contribution in [0.25, 0.3) is 44.4 Å². The second-order valence-electron chi connectivity index (χ2n) is 15.2. The first-order chi connectivity index (χ1) is 27.5. The predicted molar refractivity (Wildman–Crippen MR) is 216 cm³/mol. The fourth-order valence-corrected chi connectivity index (χ4v) is 7.96. The van der Waals surface area contributed by atoms with E-state index in [1.165, 1.54) is 14.2 Å². The number of aromatic amines is 2. The number of hydrogen-bond acceptors (Lipinski definition) is 8. The molecule has 57 heavy (non-hydrogen) atoms. The van der Waals surface area contributed by atoms with Crippen molar-refractivity contribution in [3.8, 4) is 33.6 Å². The van der Waals surface area contributed by atoms with Crippen LogP contribution in [0.1, 0.15) is 76.6 Å². The highest BCUT2D eigenvalue weighted by molar-refractivity contribution is 5.91. The van der Waals surface area contributed by atoms with Crippen molar-refractivity contribution in [3.05, 3.63) is 84.7 Å². The molecule has 14 heteroatoms. The number of benzene rings is 3. The molecule has 4 amide bonds. The third-order valence-corrected chi connectivity index (χ3v) is 11.1. The highest BCUT2D eigenvalue weighted by Crippen LogP contribution is 2.35. The zero-order chi connectivity index (χ0) is 40.2. The van der Waals surface area contributed by atoms with Crippen molar-refractivity contribution in [2.75, 3.05) is 27.3 Å². The molecule has 0 unspecified atom stereocenters. The molecule has 0 radical (unpaired) electrons. The van der Waals surface area contributed by atoms with Crippen LogP contribution in [0.2, 0.25) is 0 Å². The van der Waals surface area contributed by atoms with Gasteiger partial charge in [-0.25, -0.2) is 19.6 Å². The maximum Gasteiger partial charge on any atom is 0.407 e. The standard InChI is InChI=1S/C43H50N8O6/c1-25(2)37(49-43(55)57-5)41(53)51-20-8-10-36(51)39-44-23-33(47-39)28-13-11-27(12-14-28)29-15-16-31-22-32(18-17-30(31)21-29)34-24-45-38(48-34)35-9-6-7-19-50(35)40(52)26(3)46-42(54)56-4/h11-18,21-26,35-37H,6-10,19-20H2,1-5H3,(H,44,47)(H,45,48)(H,46,54)(H,49,55)/t26-,35-,36-,37-/m0/s1. The van der Waals surface area contributed by atoms with Crippen LogP contribution < -0.4 is 10.6 Å². The van der Waals surface area contributed by atoms with E-state index in [0.29, 0.717) is 13.1 Å². The molecule has 2 fully saturated rings. The number of nitrogens with zero attached hydrogens (tertiary/aromatic N) is 4. The van der Waals surface area contributed by atoms with Gasteiger partial charge in [0.05, 0.1) is 50.1 Å². The molecule has 2 aliphatic heterocycles. The van der Waals surface area contributed by atoms with Crippen molar-refractivity contribution in [1.29, 1.82) is 0 Å². The van der Waals surface area contributed by atoms with E-state index in [0.717, 1.165) is 88.2 Å². The van der Waals surface area contributed by atoms with Gasteiger partial charge in [-0.3, -0.25) is 9.59 Å². The third kappa shape index (κ3) is 8.35. The molecule has 5 aromatic rings. The van der Waals surface area contributed by atoms with Gasteiger partial charge < -0.3 is 39.9 Å². The first-order valence-electron chi connectivity index (χ1n) is 19.6. The molecule has 4 atom stereocenters. The van der Waals surface area contributed by atoms with Crippen molar-refractivity contribution >= 4 is 34.8 Å². The van der Waals surface area contributed by atoms with Crippen LogP contribution in [-0.2, 0) is 19.1 Å². The van der Waals surface area contributed by atoms with Gasteiger partial charge in [0.1, 0.15) is 23.7 Å². The summed E-state index contributed by atoms with van der Waals surface area (Å²) in [4.78, 5) is 70.5. The van der Waals surface area contributed by atoms with Crippen LogP contribution >= 0.6 is 0 Å². The number of rotatable bonds is 10. The number of nitrogens with one attached hydrogen (secondary N) is 4. The van der Waals surface area contributed by atoms with Gasteiger partial charge in [0.2, 0.25) is 11.8 Å². The van der Waals surface area contributed by atoms with Gasteiger partial charge in [0, 0.05) is 18.7 Å². The predicted octanol–water partition coefficient (Wildman–Crippen LogP) is 7.13. The van der Waals surface area contributed by atoms with Gasteiger partial charge >= 0.3 is 12.2 Å². The van der Waals surface area contributed by atoms with E-state index in [4.69, 9.17) is 9.72 Å². The maximum atomic E-state index is 13.6. The van der Waals surface area contributed by atoms with E-state index in [1.807, 2.05) is 31.1 Å². The number of aromatic nitrogens is 4. The number of H-pyrrole nitrogens is 2. The Balaban J connectivity index is 1.03. The van der Waals surface area contributed by atoms with Crippen LogP contribution in [-0.4, -0.2) is 93.1 Å². The second kappa shape index (κ2) is 16.9. The maximum absolute atomic E-state index is 13.6. The summed E-state index contributed by atoms with van der Waals surface area (Å²) in [6, 6.07) is 19.3. The van der Waals surface area contributed by atoms with Crippen LogP contribution in [0.15, 0.2) is 73.1 Å². The van der Waals surface area contributed by atoms with Gasteiger partial charge in [0.15, 0.2) is 0 Å². The number of piperidine rings is 1. The Morgan fingerprint density at radius 1 is 0.649 bits per heavy atom. The SMILES string of the molecule is COC(=O)N[C@@H](C)C(=O)N1CCCC[C@H]1c1ncc(-c2ccc3cc(-c4ccc(-c5cnc([C@@H]6CCCN6C(=O)[C@@H](NC(=O)OC)C(C)C)[nH]5)cc4)ccc3c2)[nH]1. The molecular weight excluding hydrogens is 725 g/mol. The van der Waals surface area contributed by atoms with Gasteiger partial charge in [-0.1, -0.05) is 62.4 Å². The zero-order valence-corrected chi connectivity index (χ0v) is 33.0. The average molecular weight is 775 g/mol. The monoisotopic (exact) mass is 774 g/mol. The smallest absolute Gasteiger partial charge is 0.407 e. The van der Waals surface area contributed by atoms with Gasteiger partial charge in [0.25, 0.3) is 0 Å². The Kier molecular flexibility index (Phi) is 11.6. The third-order valence-electron chi connectivity index (χ3n) is 11.1. The minimum atomic E-state index is -0.711. The first-order valence-corrected chi connectivity index (χ1v) is 19.6. The van der Waals surface area contributed by atoms with Crippen molar-refractivity contribution in [1.82, 2.24) is 40.4 Å². The normalized spacial score (nSPS) is 18.0. The molecule has 3 aromatic carbocycles. The number of carbonyl (C=O) groups is 4. The number of hydrogen-bond donors (Lipinski definition) is 4. The van der Waals surface area contributed by atoms with E-state index >= 15 is 0 Å². The second-order valence-corrected chi connectivity index (χ2v) is 15.2. The summed E-state index contributed by atoms with van der Waals surface area (Å²) in [5.74, 6) is 1.05. The number of likely N-dealkylation sites (tertiary alicyclic amines) is 2. The Bertz CT molecular complexity index is 2250. The van der Waals surface area contributed by atoms with Crippen molar-refractivity contribution < 1.29 is 28.7 Å². The van der Waals surface area contributed by atoms with Crippen LogP contribution in [0.3, 0.4) is 0 Å². The van der Waals surface area contributed by atoms with E-state index < -0.39 is 24.3 Å². The summed E-state index contributed by atoms with van der Waals surface area (Å²) in [6.45, 7) is 6.67. The molecule has 4 N–H and O–H groups in total. The van der Waals surface area contributed by atoms with Crippen molar-refractivity contribution in [2.45, 2.75) is 77.0 Å². The topological polar surface area (TPSA) is 175 Å². The quantitative estimate of drug-likeness (QED) is 0.116. The zero-order valence-electron chi connectivity index (χ0n) is 33.0. The molecule has 4 heterocycles. The molecule has 0 spiro atoms. The first kappa shape index (κ1) is 39.1. The van der Waals surface area contributed by atoms with Crippen LogP contribution in [0.4, 0.5) is 9.59 Å². The fraction of sp³-hybridized carbons (Fsp3) is 0.395. The number of amides is 4. The molecule has 2 saturated heterocycles. The highest BCUT2D eigenvalue weighted by Gasteiger charge is 2.38. The summed E-state index contributed by atoms with van der Waals surface area (Å²) in [5.41, 5.74) is 5.89. The fourth-order valence-electron chi connectivity index (χ4n) is 7.96. The number of ether oxygens (including phenoxy) is 2. The summed E-state index contributed by atoms with van der Waals surface area (Å²) >= 11 is 0. The number of imidazole rings is 2. The van der Waals surface area contributed by atoms with E-state index in [-0.39, 0.29) is 29.8 Å². The highest BCUT2D eigenvalue weighted by atomic mass is 16.5. The molecule has 2 aliphatic rings. The summed E-state index contributed by atoms with van der Waals surface area (Å²) in [7, 11) is 2.57. The molecular formula is C43H50N8O6. The lowest BCUT2D eigenvalue weighted by Crippen LogP contribution is -2.51. The van der Waals surface area contributed by atoms with Crippen LogP contribution in [0.5, 0.6) is 0 Å². The van der Waals surface area contributed by atoms with Crippen molar-refractivity contribution in [3.63, 3.8) is 0 Å². The summed E-state index contributed by atoms with van der Waals surface area (Å²) in [5, 5.41) is 7.48. The minimum absolute atomic E-state index is 0.103. The van der Waals surface area contributed by atoms with E-state index in [9.17, 15) is 19.2 Å². The van der Waals surface area contributed by atoms with Gasteiger partial charge in [-0.05, 0) is 84.5 Å². The largest absolute Gasteiger partial charge is 0.453 e.